The van der Waals surface area contributed by atoms with E-state index >= 15 is 0 Å². The van der Waals surface area contributed by atoms with Crippen LogP contribution >= 0.6 is 0 Å². The van der Waals surface area contributed by atoms with Gasteiger partial charge in [-0.25, -0.2) is 24.9 Å². The van der Waals surface area contributed by atoms with Gasteiger partial charge in [0.1, 0.15) is 0 Å². The van der Waals surface area contributed by atoms with Crippen LogP contribution in [0.3, 0.4) is 0 Å². The number of aromatic nitrogens is 7. The maximum Gasteiger partial charge on any atom is 0.164 e. The van der Waals surface area contributed by atoms with Crippen LogP contribution in [-0.2, 0) is 0 Å². The third-order valence-corrected chi connectivity index (χ3v) is 12.6. The Bertz CT molecular complexity index is 3520. The molecule has 0 aliphatic rings. The molecule has 9 heteroatoms. The number of benzene rings is 7. The van der Waals surface area contributed by atoms with Crippen LogP contribution in [0.15, 0.2) is 213 Å². The van der Waals surface area contributed by atoms with E-state index in [-0.39, 0.29) is 0 Å². The van der Waals surface area contributed by atoms with Crippen LogP contribution in [0, 0.1) is 11.3 Å². The van der Waals surface area contributed by atoms with Gasteiger partial charge in [0.25, 0.3) is 0 Å². The van der Waals surface area contributed by atoms with E-state index in [1.54, 1.807) is 12.4 Å². The van der Waals surface area contributed by atoms with Gasteiger partial charge in [-0.3, -0.25) is 4.98 Å². The van der Waals surface area contributed by atoms with E-state index in [9.17, 15) is 5.26 Å². The Morgan fingerprint density at radius 3 is 1.44 bits per heavy atom. The summed E-state index contributed by atoms with van der Waals surface area (Å²) in [6.45, 7) is 13.1. The van der Waals surface area contributed by atoms with Gasteiger partial charge in [0.2, 0.25) is 0 Å². The van der Waals surface area contributed by atoms with Crippen LogP contribution in [0.4, 0.5) is 5.69 Å². The van der Waals surface area contributed by atoms with Gasteiger partial charge >= 0.3 is 0 Å². The summed E-state index contributed by atoms with van der Waals surface area (Å²) in [5.74, 6) is 2.31. The molecule has 11 rings (SSSR count). The van der Waals surface area contributed by atoms with Crippen molar-refractivity contribution in [1.29, 1.82) is 5.26 Å². The van der Waals surface area contributed by atoms with Crippen LogP contribution in [0.2, 0.25) is 0 Å². The monoisotopic (exact) mass is 917 g/mol. The van der Waals surface area contributed by atoms with Crippen LogP contribution < -0.4 is 4.90 Å². The number of nitriles is 1. The fourth-order valence-electron chi connectivity index (χ4n) is 9.52. The minimum atomic E-state index is -0.422. The first-order valence-corrected chi connectivity index (χ1v) is 23.5. The number of nitrogens with zero attached hydrogens (tertiary/aromatic N) is 9. The van der Waals surface area contributed by atoms with Gasteiger partial charge in [-0.15, -0.1) is 0 Å². The molecule has 0 N–H and O–H groups in total. The highest BCUT2D eigenvalue weighted by atomic mass is 15.2. The number of pyridine rings is 1. The second kappa shape index (κ2) is 18.3. The molecule has 0 aliphatic heterocycles. The third-order valence-electron chi connectivity index (χ3n) is 12.6. The first-order chi connectivity index (χ1) is 34.6. The molecule has 0 unspecified atom stereocenters. The highest BCUT2D eigenvalue weighted by molar-refractivity contribution is 6.11. The average molecular weight is 918 g/mol. The highest BCUT2D eigenvalue weighted by Gasteiger charge is 2.29. The zero-order chi connectivity index (χ0) is 48.6. The van der Waals surface area contributed by atoms with Crippen LogP contribution in [0.1, 0.15) is 33.3 Å². The molecule has 0 saturated carbocycles. The summed E-state index contributed by atoms with van der Waals surface area (Å²) in [5.41, 5.74) is 13.1. The maximum absolute atomic E-state index is 11.0. The number of hydrogen-bond acceptors (Lipinski definition) is 8. The summed E-state index contributed by atoms with van der Waals surface area (Å²) in [7, 11) is 0. The Labute approximate surface area is 412 Å². The van der Waals surface area contributed by atoms with Crippen molar-refractivity contribution >= 4 is 27.5 Å². The zero-order valence-corrected chi connectivity index (χ0v) is 39.8. The molecular weight excluding hydrogens is 871 g/mol. The van der Waals surface area contributed by atoms with Crippen LogP contribution in [0.5, 0.6) is 0 Å². The Balaban J connectivity index is 1.22. The van der Waals surface area contributed by atoms with Crippen molar-refractivity contribution in [3.63, 3.8) is 0 Å². The molecular formula is C62H47N9. The molecule has 4 heterocycles. The molecule has 0 atom stereocenters. The zero-order valence-electron chi connectivity index (χ0n) is 39.8. The van der Waals surface area contributed by atoms with Gasteiger partial charge in [-0.05, 0) is 75.7 Å². The fraction of sp³-hybridized carbons (Fsp3) is 0.0806. The molecule has 11 aromatic rings. The van der Waals surface area contributed by atoms with Crippen molar-refractivity contribution in [2.24, 2.45) is 0 Å². The SMILES string of the molecule is C=C(C)N(c1cc(-c2ccncc2)c(C#N)cc1-n1c2cc(-c3cc(-c4ccccc4)nc(-c4ccccc4)n3)ccc2c2ccc(-c3nc(-c4ccccc4)nc(-c4ccccc4)n3)cc21)C(C)(C)C. The Morgan fingerprint density at radius 2 is 0.944 bits per heavy atom. The number of hydrogen-bond donors (Lipinski definition) is 0. The molecule has 7 aromatic carbocycles. The molecule has 0 saturated heterocycles. The second-order valence-electron chi connectivity index (χ2n) is 18.5. The van der Waals surface area contributed by atoms with Crippen molar-refractivity contribution < 1.29 is 0 Å². The summed E-state index contributed by atoms with van der Waals surface area (Å²) >= 11 is 0. The quantitative estimate of drug-likeness (QED) is 0.133. The molecule has 0 amide bonds. The lowest BCUT2D eigenvalue weighted by molar-refractivity contribution is 0.541. The lowest BCUT2D eigenvalue weighted by atomic mass is 9.96. The molecule has 0 fully saturated rings. The molecule has 0 spiro atoms. The summed E-state index contributed by atoms with van der Waals surface area (Å²) in [5, 5.41) is 13.1. The van der Waals surface area contributed by atoms with Gasteiger partial charge in [-0.1, -0.05) is 152 Å². The van der Waals surface area contributed by atoms with Gasteiger partial charge in [0, 0.05) is 73.3 Å². The molecule has 4 aromatic heterocycles. The molecule has 0 aliphatic carbocycles. The number of anilines is 1. The highest BCUT2D eigenvalue weighted by Crippen LogP contribution is 2.44. The Hall–Kier alpha value is -9.39. The van der Waals surface area contributed by atoms with Gasteiger partial charge in [-0.2, -0.15) is 5.26 Å². The topological polar surface area (TPSA) is 109 Å². The predicted molar refractivity (Wildman–Crippen MR) is 287 cm³/mol. The van der Waals surface area contributed by atoms with Crippen molar-refractivity contribution in [3.8, 4) is 90.9 Å². The smallest absolute Gasteiger partial charge is 0.164 e. The summed E-state index contributed by atoms with van der Waals surface area (Å²) in [6.07, 6.45) is 3.51. The minimum Gasteiger partial charge on any atom is -0.339 e. The average Bonchev–Trinajstić information content (AvgIpc) is 3.74. The maximum atomic E-state index is 11.0. The number of allylic oxidation sites excluding steroid dienone is 1. The van der Waals surface area contributed by atoms with E-state index in [4.69, 9.17) is 24.9 Å². The lowest BCUT2D eigenvalue weighted by Crippen LogP contribution is -2.40. The van der Waals surface area contributed by atoms with Gasteiger partial charge < -0.3 is 9.47 Å². The normalized spacial score (nSPS) is 11.4. The van der Waals surface area contributed by atoms with Crippen molar-refractivity contribution in [2.45, 2.75) is 33.2 Å². The first kappa shape index (κ1) is 44.1. The van der Waals surface area contributed by atoms with E-state index < -0.39 is 5.54 Å². The van der Waals surface area contributed by atoms with E-state index in [0.717, 1.165) is 94.8 Å². The van der Waals surface area contributed by atoms with E-state index in [0.29, 0.717) is 28.9 Å². The summed E-state index contributed by atoms with van der Waals surface area (Å²) in [6, 6.07) is 65.9. The lowest BCUT2D eigenvalue weighted by Gasteiger charge is -2.39. The van der Waals surface area contributed by atoms with Crippen LogP contribution in [0.25, 0.3) is 107 Å². The van der Waals surface area contributed by atoms with Crippen molar-refractivity contribution in [1.82, 2.24) is 34.5 Å². The molecule has 0 bridgehead atoms. The van der Waals surface area contributed by atoms with E-state index in [1.165, 1.54) is 0 Å². The van der Waals surface area contributed by atoms with Gasteiger partial charge in [0.05, 0.1) is 45.4 Å². The summed E-state index contributed by atoms with van der Waals surface area (Å²) in [4.78, 5) is 32.2. The van der Waals surface area contributed by atoms with Crippen molar-refractivity contribution in [2.75, 3.05) is 4.90 Å². The molecule has 0 radical (unpaired) electrons. The standard InChI is InChI=1S/C62H47N9/c1-40(2)71(62(3,4)5)57-37-51(41-30-32-64-33-31-41)48(39-63)36-56(57)70-54-34-46(53-38-52(42-18-10-6-11-19-42)65-58(66-53)43-20-12-7-13-21-43)26-28-49(54)50-29-27-47(35-55(50)70)61-68-59(44-22-14-8-15-23-44)67-60(69-61)45-24-16-9-17-25-45/h6-38H,1H2,2-5H3. The number of rotatable bonds is 10. The van der Waals surface area contributed by atoms with Crippen molar-refractivity contribution in [3.05, 3.63) is 218 Å². The molecule has 9 nitrogen and oxygen atoms in total. The largest absolute Gasteiger partial charge is 0.339 e. The second-order valence-corrected chi connectivity index (χ2v) is 18.5. The van der Waals surface area contributed by atoms with Crippen LogP contribution in [-0.4, -0.2) is 40.0 Å². The summed E-state index contributed by atoms with van der Waals surface area (Å²) < 4.78 is 2.28. The first-order valence-electron chi connectivity index (χ1n) is 23.5. The predicted octanol–water partition coefficient (Wildman–Crippen LogP) is 14.8. The molecule has 340 valence electrons. The molecule has 71 heavy (non-hydrogen) atoms. The Morgan fingerprint density at radius 1 is 0.493 bits per heavy atom. The Kier molecular flexibility index (Phi) is 11.3. The van der Waals surface area contributed by atoms with Gasteiger partial charge in [0.15, 0.2) is 23.3 Å². The number of fused-ring (bicyclic) bond motifs is 3. The van der Waals surface area contributed by atoms with E-state index in [1.807, 2.05) is 134 Å². The van der Waals surface area contributed by atoms with E-state index in [2.05, 4.69) is 109 Å². The third kappa shape index (κ3) is 8.49. The fourth-order valence-corrected chi connectivity index (χ4v) is 9.52. The minimum absolute atomic E-state index is 0.422.